The summed E-state index contributed by atoms with van der Waals surface area (Å²) >= 11 is 0. The number of carbonyl (C=O) groups excluding carboxylic acids is 2. The number of ether oxygens (including phenoxy) is 2. The molecule has 6 nitrogen and oxygen atoms in total. The average Bonchev–Trinajstić information content (AvgIpc) is 3.03. The molecule has 27 heavy (non-hydrogen) atoms. The molecular weight excluding hydrogens is 346 g/mol. The molecule has 0 radical (unpaired) electrons. The van der Waals surface area contributed by atoms with Gasteiger partial charge in [-0.05, 0) is 31.7 Å². The van der Waals surface area contributed by atoms with Gasteiger partial charge < -0.3 is 19.2 Å². The van der Waals surface area contributed by atoms with E-state index < -0.39 is 12.1 Å². The number of carbonyl (C=O) groups is 2. The lowest BCUT2D eigenvalue weighted by atomic mass is 9.86. The maximum atomic E-state index is 12.6. The van der Waals surface area contributed by atoms with Crippen LogP contribution in [0, 0.1) is 5.92 Å². The number of fused-ring (bicyclic) bond motifs is 1. The first-order valence-electron chi connectivity index (χ1n) is 9.52. The largest absolute Gasteiger partial charge is 0.449 e. The molecule has 1 N–H and O–H groups in total. The summed E-state index contributed by atoms with van der Waals surface area (Å²) in [5, 5.41) is 3.83. The molecule has 1 aliphatic carbocycles. The van der Waals surface area contributed by atoms with E-state index in [9.17, 15) is 9.59 Å². The van der Waals surface area contributed by atoms with E-state index in [1.807, 2.05) is 18.2 Å². The fourth-order valence-corrected chi connectivity index (χ4v) is 3.65. The second-order valence-corrected chi connectivity index (χ2v) is 7.26. The first-order valence-corrected chi connectivity index (χ1v) is 9.52. The van der Waals surface area contributed by atoms with Crippen LogP contribution in [0.3, 0.4) is 0 Å². The zero-order valence-electron chi connectivity index (χ0n) is 16.1. The first-order chi connectivity index (χ1) is 13.0. The number of amides is 1. The lowest BCUT2D eigenvalue weighted by molar-refractivity contribution is -0.130. The molecule has 146 valence electrons. The molecule has 1 aromatic carbocycles. The quantitative estimate of drug-likeness (QED) is 0.779. The van der Waals surface area contributed by atoms with Crippen molar-refractivity contribution in [1.82, 2.24) is 5.32 Å². The Morgan fingerprint density at radius 2 is 2.00 bits per heavy atom. The Labute approximate surface area is 159 Å². The van der Waals surface area contributed by atoms with Crippen LogP contribution < -0.4 is 5.32 Å². The summed E-state index contributed by atoms with van der Waals surface area (Å²) in [4.78, 5) is 25.1. The summed E-state index contributed by atoms with van der Waals surface area (Å²) in [6, 6.07) is 7.49. The number of hydrogen-bond donors (Lipinski definition) is 1. The summed E-state index contributed by atoms with van der Waals surface area (Å²) in [5.74, 6) is -0.401. The molecule has 6 heteroatoms. The normalized spacial score (nSPS) is 21.0. The zero-order valence-corrected chi connectivity index (χ0v) is 16.1. The highest BCUT2D eigenvalue weighted by Crippen LogP contribution is 2.28. The Morgan fingerprint density at radius 1 is 1.26 bits per heavy atom. The topological polar surface area (TPSA) is 77.8 Å². The van der Waals surface area contributed by atoms with Gasteiger partial charge in [-0.25, -0.2) is 4.79 Å². The van der Waals surface area contributed by atoms with Crippen LogP contribution in [-0.2, 0) is 20.9 Å². The number of nitrogens with one attached hydrogen (secondary N) is 1. The van der Waals surface area contributed by atoms with Gasteiger partial charge in [0.05, 0.1) is 6.61 Å². The summed E-state index contributed by atoms with van der Waals surface area (Å²) in [6.45, 7) is 3.95. The zero-order chi connectivity index (χ0) is 19.4. The van der Waals surface area contributed by atoms with Crippen LogP contribution in [0.2, 0.25) is 0 Å². The van der Waals surface area contributed by atoms with E-state index in [-0.39, 0.29) is 24.3 Å². The van der Waals surface area contributed by atoms with E-state index in [2.05, 4.69) is 12.2 Å². The third-order valence-corrected chi connectivity index (χ3v) is 5.26. The van der Waals surface area contributed by atoms with Gasteiger partial charge in [-0.15, -0.1) is 0 Å². The van der Waals surface area contributed by atoms with Crippen LogP contribution >= 0.6 is 0 Å². The van der Waals surface area contributed by atoms with Crippen molar-refractivity contribution >= 4 is 22.8 Å². The molecule has 1 saturated carbocycles. The van der Waals surface area contributed by atoms with Crippen LogP contribution in [0.1, 0.15) is 55.6 Å². The van der Waals surface area contributed by atoms with E-state index in [1.54, 1.807) is 20.1 Å². The van der Waals surface area contributed by atoms with Gasteiger partial charge in [0.25, 0.3) is 5.91 Å². The van der Waals surface area contributed by atoms with Crippen LogP contribution in [0.4, 0.5) is 0 Å². The highest BCUT2D eigenvalue weighted by Gasteiger charge is 2.28. The molecule has 1 aromatic heterocycles. The van der Waals surface area contributed by atoms with Gasteiger partial charge in [-0.3, -0.25) is 4.79 Å². The minimum Gasteiger partial charge on any atom is -0.449 e. The summed E-state index contributed by atoms with van der Waals surface area (Å²) < 4.78 is 16.3. The molecule has 0 saturated heterocycles. The third kappa shape index (κ3) is 4.33. The minimum absolute atomic E-state index is 0.0868. The average molecular weight is 373 g/mol. The number of esters is 1. The summed E-state index contributed by atoms with van der Waals surface area (Å²) in [7, 11) is 1.55. The second kappa shape index (κ2) is 8.57. The van der Waals surface area contributed by atoms with Crippen LogP contribution in [0.25, 0.3) is 11.0 Å². The maximum absolute atomic E-state index is 12.6. The molecule has 0 unspecified atom stereocenters. The smallest absolute Gasteiger partial charge is 0.375 e. The standard InChI is InChI=1S/C21H27NO5/c1-13-8-4-6-10-17(13)22-20(23)14(2)26-21(24)19-16(12-25-3)15-9-5-7-11-18(15)27-19/h5,7,9,11,13-14,17H,4,6,8,10,12H2,1-3H3,(H,22,23)/t13-,14+,17+/m0/s1. The van der Waals surface area contributed by atoms with E-state index in [4.69, 9.17) is 13.9 Å². The van der Waals surface area contributed by atoms with Crippen molar-refractivity contribution in [3.8, 4) is 0 Å². The molecule has 1 heterocycles. The van der Waals surface area contributed by atoms with Gasteiger partial charge in [-0.2, -0.15) is 0 Å². The monoisotopic (exact) mass is 373 g/mol. The Balaban J connectivity index is 1.70. The molecule has 1 fully saturated rings. The minimum atomic E-state index is -0.893. The number of para-hydroxylation sites is 1. The molecule has 3 rings (SSSR count). The fraction of sp³-hybridized carbons (Fsp3) is 0.524. The van der Waals surface area contributed by atoms with Crippen molar-refractivity contribution in [1.29, 1.82) is 0 Å². The molecule has 3 atom stereocenters. The number of rotatable bonds is 6. The molecule has 1 amide bonds. The Morgan fingerprint density at radius 3 is 2.74 bits per heavy atom. The predicted octanol–water partition coefficient (Wildman–Crippen LogP) is 3.82. The van der Waals surface area contributed by atoms with Crippen molar-refractivity contribution in [2.75, 3.05) is 7.11 Å². The van der Waals surface area contributed by atoms with E-state index in [1.165, 1.54) is 6.42 Å². The van der Waals surface area contributed by atoms with Crippen LogP contribution in [0.5, 0.6) is 0 Å². The van der Waals surface area contributed by atoms with Crippen LogP contribution in [0.15, 0.2) is 28.7 Å². The first kappa shape index (κ1) is 19.4. The molecule has 0 bridgehead atoms. The van der Waals surface area contributed by atoms with E-state index in [0.29, 0.717) is 17.1 Å². The number of methoxy groups -OCH3 is 1. The van der Waals surface area contributed by atoms with Gasteiger partial charge in [0.1, 0.15) is 5.58 Å². The lowest BCUT2D eigenvalue weighted by Gasteiger charge is -2.30. The maximum Gasteiger partial charge on any atom is 0.375 e. The Kier molecular flexibility index (Phi) is 6.16. The highest BCUT2D eigenvalue weighted by molar-refractivity contribution is 5.97. The lowest BCUT2D eigenvalue weighted by Crippen LogP contribution is -2.46. The summed E-state index contributed by atoms with van der Waals surface area (Å²) in [6.07, 6.45) is 3.50. The SMILES string of the molecule is COCc1c(C(=O)O[C@H](C)C(=O)N[C@@H]2CCCC[C@@H]2C)oc2ccccc12. The van der Waals surface area contributed by atoms with Gasteiger partial charge >= 0.3 is 5.97 Å². The Hall–Kier alpha value is -2.34. The molecule has 0 aliphatic heterocycles. The van der Waals surface area contributed by atoms with Crippen molar-refractivity contribution in [3.63, 3.8) is 0 Å². The fourth-order valence-electron chi connectivity index (χ4n) is 3.65. The molecule has 0 spiro atoms. The third-order valence-electron chi connectivity index (χ3n) is 5.26. The molecule has 1 aliphatic rings. The van der Waals surface area contributed by atoms with Crippen molar-refractivity contribution in [3.05, 3.63) is 35.6 Å². The van der Waals surface area contributed by atoms with Gasteiger partial charge in [-0.1, -0.05) is 38.0 Å². The number of furan rings is 1. The van der Waals surface area contributed by atoms with Crippen LogP contribution in [-0.4, -0.2) is 31.1 Å². The number of hydrogen-bond acceptors (Lipinski definition) is 5. The second-order valence-electron chi connectivity index (χ2n) is 7.26. The van der Waals surface area contributed by atoms with Crippen molar-refractivity contribution < 1.29 is 23.5 Å². The van der Waals surface area contributed by atoms with Crippen molar-refractivity contribution in [2.45, 2.75) is 58.3 Å². The van der Waals surface area contributed by atoms with E-state index >= 15 is 0 Å². The van der Waals surface area contributed by atoms with E-state index in [0.717, 1.165) is 24.6 Å². The predicted molar refractivity (Wildman–Crippen MR) is 101 cm³/mol. The number of benzene rings is 1. The van der Waals surface area contributed by atoms with Gasteiger partial charge in [0, 0.05) is 24.1 Å². The molecular formula is C21H27NO5. The Bertz CT molecular complexity index is 812. The van der Waals surface area contributed by atoms with Crippen molar-refractivity contribution in [2.24, 2.45) is 5.92 Å². The molecule has 2 aromatic rings. The highest BCUT2D eigenvalue weighted by atomic mass is 16.6. The van der Waals surface area contributed by atoms with Gasteiger partial charge in [0.15, 0.2) is 6.10 Å². The van der Waals surface area contributed by atoms with Gasteiger partial charge in [0.2, 0.25) is 5.76 Å². The summed E-state index contributed by atoms with van der Waals surface area (Å²) in [5.41, 5.74) is 1.22.